The zero-order valence-electron chi connectivity index (χ0n) is 15.2. The van der Waals surface area contributed by atoms with Crippen molar-refractivity contribution in [3.63, 3.8) is 0 Å². The van der Waals surface area contributed by atoms with Gasteiger partial charge in [-0.05, 0) is 31.9 Å². The van der Waals surface area contributed by atoms with E-state index in [0.29, 0.717) is 13.1 Å². The van der Waals surface area contributed by atoms with E-state index in [4.69, 9.17) is 9.15 Å². The molecule has 1 heterocycles. The van der Waals surface area contributed by atoms with E-state index in [0.717, 1.165) is 5.57 Å². The number of hydrogen-bond donors (Lipinski definition) is 1. The Morgan fingerprint density at radius 2 is 2.04 bits per heavy atom. The third kappa shape index (κ3) is 6.45. The van der Waals surface area contributed by atoms with Crippen LogP contribution in [0.5, 0.6) is 0 Å². The molecule has 1 rings (SSSR count). The highest BCUT2D eigenvalue weighted by molar-refractivity contribution is 5.94. The fourth-order valence-electron chi connectivity index (χ4n) is 2.13. The van der Waals surface area contributed by atoms with Gasteiger partial charge in [0.25, 0.3) is 11.8 Å². The summed E-state index contributed by atoms with van der Waals surface area (Å²) in [4.78, 5) is 38.0. The van der Waals surface area contributed by atoms with E-state index in [2.05, 4.69) is 11.9 Å². The second-order valence-corrected chi connectivity index (χ2v) is 6.15. The summed E-state index contributed by atoms with van der Waals surface area (Å²) in [7, 11) is 0. The number of amides is 2. The van der Waals surface area contributed by atoms with Crippen LogP contribution >= 0.6 is 0 Å². The number of esters is 1. The normalized spacial score (nSPS) is 11.7. The molecule has 0 bridgehead atoms. The number of nitrogens with zero attached hydrogens (tertiary/aromatic N) is 1. The zero-order chi connectivity index (χ0) is 19.0. The molecule has 1 unspecified atom stereocenters. The van der Waals surface area contributed by atoms with E-state index < -0.39 is 17.9 Å². The minimum atomic E-state index is -0.874. The van der Waals surface area contributed by atoms with Crippen LogP contribution in [0.4, 0.5) is 0 Å². The molecule has 0 fully saturated rings. The molecule has 0 aliphatic heterocycles. The average molecular weight is 350 g/mol. The molecular formula is C18H26N2O5. The van der Waals surface area contributed by atoms with Gasteiger partial charge in [-0.15, -0.1) is 0 Å². The van der Waals surface area contributed by atoms with Gasteiger partial charge in [-0.2, -0.15) is 0 Å². The first-order chi connectivity index (χ1) is 11.8. The molecule has 0 radical (unpaired) electrons. The molecule has 0 spiro atoms. The summed E-state index contributed by atoms with van der Waals surface area (Å²) in [6.07, 6.45) is 1.37. The number of likely N-dealkylation sites (N-methyl/N-ethyl adjacent to an activating group) is 1. The lowest BCUT2D eigenvalue weighted by atomic mass is 10.0. The lowest BCUT2D eigenvalue weighted by Crippen LogP contribution is -2.46. The number of furan rings is 1. The lowest BCUT2D eigenvalue weighted by molar-refractivity contribution is -0.154. The van der Waals surface area contributed by atoms with Gasteiger partial charge in [-0.3, -0.25) is 9.59 Å². The molecule has 0 aliphatic carbocycles. The maximum Gasteiger partial charge on any atom is 0.329 e. The first-order valence-electron chi connectivity index (χ1n) is 8.19. The van der Waals surface area contributed by atoms with E-state index in [9.17, 15) is 14.4 Å². The van der Waals surface area contributed by atoms with Gasteiger partial charge < -0.3 is 19.4 Å². The van der Waals surface area contributed by atoms with Crippen LogP contribution in [0.25, 0.3) is 0 Å². The predicted molar refractivity (Wildman–Crippen MR) is 92.8 cm³/mol. The Labute approximate surface area is 148 Å². The SMILES string of the molecule is C=C(C)CN(CC)C(=O)COC(=O)C(NC(=O)c1ccco1)C(C)C. The smallest absolute Gasteiger partial charge is 0.329 e. The summed E-state index contributed by atoms with van der Waals surface area (Å²) < 4.78 is 10.1. The number of carbonyl (C=O) groups excluding carboxylic acids is 3. The molecular weight excluding hydrogens is 324 g/mol. The number of ether oxygens (including phenoxy) is 1. The summed E-state index contributed by atoms with van der Waals surface area (Å²) >= 11 is 0. The number of rotatable bonds is 9. The Morgan fingerprint density at radius 3 is 2.52 bits per heavy atom. The van der Waals surface area contributed by atoms with Crippen LogP contribution in [-0.2, 0) is 14.3 Å². The molecule has 0 saturated carbocycles. The Morgan fingerprint density at radius 1 is 1.36 bits per heavy atom. The third-order valence-corrected chi connectivity index (χ3v) is 3.49. The Kier molecular flexibility index (Phi) is 7.91. The number of carbonyl (C=O) groups is 3. The van der Waals surface area contributed by atoms with Gasteiger partial charge in [0.05, 0.1) is 6.26 Å². The van der Waals surface area contributed by atoms with Gasteiger partial charge >= 0.3 is 5.97 Å². The Hall–Kier alpha value is -2.57. The van der Waals surface area contributed by atoms with Gasteiger partial charge in [-0.25, -0.2) is 4.79 Å². The molecule has 0 aliphatic rings. The molecule has 0 saturated heterocycles. The van der Waals surface area contributed by atoms with E-state index in [1.54, 1.807) is 24.8 Å². The molecule has 1 N–H and O–H groups in total. The molecule has 1 aromatic rings. The van der Waals surface area contributed by atoms with E-state index >= 15 is 0 Å². The van der Waals surface area contributed by atoms with Gasteiger partial charge in [0.15, 0.2) is 12.4 Å². The van der Waals surface area contributed by atoms with E-state index in [1.165, 1.54) is 12.3 Å². The van der Waals surface area contributed by atoms with Crippen molar-refractivity contribution in [1.29, 1.82) is 0 Å². The first kappa shape index (κ1) is 20.5. The van der Waals surface area contributed by atoms with Crippen molar-refractivity contribution in [3.8, 4) is 0 Å². The van der Waals surface area contributed by atoms with Gasteiger partial charge in [0.2, 0.25) is 0 Å². The third-order valence-electron chi connectivity index (χ3n) is 3.49. The lowest BCUT2D eigenvalue weighted by Gasteiger charge is -2.23. The highest BCUT2D eigenvalue weighted by Crippen LogP contribution is 2.08. The molecule has 7 heteroatoms. The standard InChI is InChI=1S/C18H26N2O5/c1-6-20(10-12(2)3)15(21)11-25-18(23)16(13(4)5)19-17(22)14-8-7-9-24-14/h7-9,13,16H,2,6,10-11H2,1,3-5H3,(H,19,22). The molecule has 2 amide bonds. The van der Waals surface area contributed by atoms with Crippen molar-refractivity contribution >= 4 is 17.8 Å². The maximum atomic E-state index is 12.3. The first-order valence-corrected chi connectivity index (χ1v) is 8.19. The highest BCUT2D eigenvalue weighted by atomic mass is 16.5. The summed E-state index contributed by atoms with van der Waals surface area (Å²) in [5.74, 6) is -1.58. The largest absolute Gasteiger partial charge is 0.459 e. The van der Waals surface area contributed by atoms with E-state index in [1.807, 2.05) is 13.8 Å². The van der Waals surface area contributed by atoms with Crippen LogP contribution in [0, 0.1) is 5.92 Å². The predicted octanol–water partition coefficient (Wildman–Crippen LogP) is 2.00. The molecule has 1 atom stereocenters. The molecule has 25 heavy (non-hydrogen) atoms. The van der Waals surface area contributed by atoms with Crippen LogP contribution in [0.2, 0.25) is 0 Å². The number of nitrogens with one attached hydrogen (secondary N) is 1. The molecule has 7 nitrogen and oxygen atoms in total. The monoisotopic (exact) mass is 350 g/mol. The van der Waals surface area contributed by atoms with Gasteiger partial charge in [0, 0.05) is 13.1 Å². The Balaban J connectivity index is 2.63. The van der Waals surface area contributed by atoms with Crippen molar-refractivity contribution in [3.05, 3.63) is 36.3 Å². The van der Waals surface area contributed by atoms with Crippen LogP contribution in [0.3, 0.4) is 0 Å². The van der Waals surface area contributed by atoms with Crippen molar-refractivity contribution < 1.29 is 23.5 Å². The maximum absolute atomic E-state index is 12.3. The fraction of sp³-hybridized carbons (Fsp3) is 0.500. The highest BCUT2D eigenvalue weighted by Gasteiger charge is 2.28. The van der Waals surface area contributed by atoms with Gasteiger partial charge in [0.1, 0.15) is 6.04 Å². The minimum Gasteiger partial charge on any atom is -0.459 e. The zero-order valence-corrected chi connectivity index (χ0v) is 15.2. The molecule has 138 valence electrons. The Bertz CT molecular complexity index is 607. The van der Waals surface area contributed by atoms with Crippen LogP contribution in [-0.4, -0.2) is 48.4 Å². The fourth-order valence-corrected chi connectivity index (χ4v) is 2.13. The molecule has 1 aromatic heterocycles. The minimum absolute atomic E-state index is 0.105. The van der Waals surface area contributed by atoms with Crippen molar-refractivity contribution in [2.45, 2.75) is 33.7 Å². The van der Waals surface area contributed by atoms with Crippen molar-refractivity contribution in [2.75, 3.05) is 19.7 Å². The van der Waals surface area contributed by atoms with Gasteiger partial charge in [-0.1, -0.05) is 26.0 Å². The topological polar surface area (TPSA) is 88.9 Å². The quantitative estimate of drug-likeness (QED) is 0.543. The second kappa shape index (κ2) is 9.66. The average Bonchev–Trinajstić information content (AvgIpc) is 3.08. The van der Waals surface area contributed by atoms with E-state index in [-0.39, 0.29) is 24.2 Å². The van der Waals surface area contributed by atoms with Crippen molar-refractivity contribution in [1.82, 2.24) is 10.2 Å². The van der Waals surface area contributed by atoms with Crippen molar-refractivity contribution in [2.24, 2.45) is 5.92 Å². The second-order valence-electron chi connectivity index (χ2n) is 6.15. The number of hydrogen-bond acceptors (Lipinski definition) is 5. The summed E-state index contributed by atoms with van der Waals surface area (Å²) in [5.41, 5.74) is 0.840. The van der Waals surface area contributed by atoms with Crippen LogP contribution in [0.1, 0.15) is 38.2 Å². The summed E-state index contributed by atoms with van der Waals surface area (Å²) in [5, 5.41) is 2.57. The van der Waals surface area contributed by atoms with Crippen LogP contribution in [0.15, 0.2) is 35.0 Å². The molecule has 0 aromatic carbocycles. The summed E-state index contributed by atoms with van der Waals surface area (Å²) in [6, 6.07) is 2.21. The van der Waals surface area contributed by atoms with Crippen LogP contribution < -0.4 is 5.32 Å². The summed E-state index contributed by atoms with van der Waals surface area (Å²) in [6.45, 7) is 11.5.